The van der Waals surface area contributed by atoms with Crippen LogP contribution in [0.4, 0.5) is 0 Å². The van der Waals surface area contributed by atoms with E-state index < -0.39 is 21.3 Å². The van der Waals surface area contributed by atoms with Gasteiger partial charge in [-0.1, -0.05) is 0 Å². The molecule has 0 amide bonds. The topological polar surface area (TPSA) is 0 Å². The summed E-state index contributed by atoms with van der Waals surface area (Å²) in [6.45, 7) is 19.1. The third-order valence-electron chi connectivity index (χ3n) is 8.32. The molecule has 1 fully saturated rings. The molecular formula is C33H42Cl2Zr. The Morgan fingerprint density at radius 2 is 1.39 bits per heavy atom. The van der Waals surface area contributed by atoms with Gasteiger partial charge in [0.2, 0.25) is 0 Å². The Hall–Kier alpha value is -0.747. The summed E-state index contributed by atoms with van der Waals surface area (Å²) < 4.78 is 5.65. The number of fused-ring (bicyclic) bond motifs is 3. The minimum atomic E-state index is -2.12. The van der Waals surface area contributed by atoms with E-state index in [1.165, 1.54) is 48.8 Å². The fourth-order valence-electron chi connectivity index (χ4n) is 6.79. The first-order valence-corrected chi connectivity index (χ1v) is 17.1. The van der Waals surface area contributed by atoms with Crippen LogP contribution in [0, 0.1) is 13.8 Å². The monoisotopic (exact) mass is 598 g/mol. The SMILES string of the molecule is Cc1cc2c(cc1C(C)(C)C)-c1cc(C(C)(C)C)c(C)[c]([Zr+2]([C]3=CC=CC3)=[C]3CCCC3)c1C2.[Cl-].[Cl-]. The Kier molecular flexibility index (Phi) is 8.93. The predicted octanol–water partition coefficient (Wildman–Crippen LogP) is 2.31. The molecule has 3 aliphatic carbocycles. The third-order valence-corrected chi connectivity index (χ3v) is 16.7. The van der Waals surface area contributed by atoms with Gasteiger partial charge in [-0.15, -0.1) is 0 Å². The molecule has 2 aromatic carbocycles. The van der Waals surface area contributed by atoms with Crippen molar-refractivity contribution >= 4 is 6.48 Å². The summed E-state index contributed by atoms with van der Waals surface area (Å²) in [5.74, 6) is 0. The normalized spacial score (nSPS) is 16.1. The van der Waals surface area contributed by atoms with Gasteiger partial charge < -0.3 is 24.8 Å². The van der Waals surface area contributed by atoms with Gasteiger partial charge in [0.05, 0.1) is 0 Å². The van der Waals surface area contributed by atoms with Crippen LogP contribution in [-0.4, -0.2) is 3.21 Å². The van der Waals surface area contributed by atoms with E-state index >= 15 is 0 Å². The molecule has 0 spiro atoms. The van der Waals surface area contributed by atoms with Gasteiger partial charge in [0, 0.05) is 0 Å². The van der Waals surface area contributed by atoms with Crippen LogP contribution in [0.3, 0.4) is 0 Å². The van der Waals surface area contributed by atoms with Crippen molar-refractivity contribution in [2.75, 3.05) is 0 Å². The summed E-state index contributed by atoms with van der Waals surface area (Å²) in [5.41, 5.74) is 12.9. The molecule has 0 unspecified atom stereocenters. The van der Waals surface area contributed by atoms with Crippen molar-refractivity contribution in [3.05, 3.63) is 73.1 Å². The van der Waals surface area contributed by atoms with Gasteiger partial charge >= 0.3 is 217 Å². The zero-order chi connectivity index (χ0) is 24.4. The first kappa shape index (κ1) is 29.8. The van der Waals surface area contributed by atoms with Gasteiger partial charge in [-0.2, -0.15) is 0 Å². The van der Waals surface area contributed by atoms with E-state index in [0.717, 1.165) is 6.42 Å². The average Bonchev–Trinajstić information content (AvgIpc) is 3.48. The van der Waals surface area contributed by atoms with Crippen LogP contribution < -0.4 is 28.1 Å². The van der Waals surface area contributed by atoms with Gasteiger partial charge in [0.15, 0.2) is 0 Å². The molecule has 0 aromatic heterocycles. The number of aryl methyl sites for hydroxylation is 1. The van der Waals surface area contributed by atoms with Crippen LogP contribution in [-0.2, 0) is 38.5 Å². The van der Waals surface area contributed by atoms with Crippen molar-refractivity contribution in [2.45, 2.75) is 105 Å². The molecule has 2 aromatic rings. The smallest absolute Gasteiger partial charge is 1.00 e. The van der Waals surface area contributed by atoms with Gasteiger partial charge in [0.25, 0.3) is 0 Å². The molecule has 1 saturated carbocycles. The molecule has 0 bridgehead atoms. The molecule has 0 aliphatic heterocycles. The second kappa shape index (κ2) is 10.8. The minimum absolute atomic E-state index is 0. The molecule has 0 atom stereocenters. The van der Waals surface area contributed by atoms with Gasteiger partial charge in [-0.3, -0.25) is 0 Å². The first-order valence-electron chi connectivity index (χ1n) is 13.4. The van der Waals surface area contributed by atoms with Crippen molar-refractivity contribution in [1.29, 1.82) is 0 Å². The maximum absolute atomic E-state index is 2.60. The molecule has 0 heterocycles. The van der Waals surface area contributed by atoms with E-state index in [4.69, 9.17) is 0 Å². The maximum Gasteiger partial charge on any atom is -1.00 e. The van der Waals surface area contributed by atoms with Crippen molar-refractivity contribution in [2.24, 2.45) is 0 Å². The number of rotatable bonds is 2. The molecule has 192 valence electrons. The Bertz CT molecular complexity index is 1270. The van der Waals surface area contributed by atoms with Crippen LogP contribution in [0.5, 0.6) is 0 Å². The van der Waals surface area contributed by atoms with Crippen molar-refractivity contribution in [3.63, 3.8) is 0 Å². The number of hydrogen-bond acceptors (Lipinski definition) is 0. The maximum atomic E-state index is 2.60. The zero-order valence-corrected chi connectivity index (χ0v) is 27.4. The van der Waals surface area contributed by atoms with E-state index in [-0.39, 0.29) is 35.6 Å². The molecule has 5 rings (SSSR count). The van der Waals surface area contributed by atoms with E-state index in [1.807, 2.05) is 9.76 Å². The fourth-order valence-corrected chi connectivity index (χ4v) is 15.6. The number of allylic oxidation sites excluding steroid dienone is 4. The molecule has 0 saturated heterocycles. The number of hydrogen-bond donors (Lipinski definition) is 0. The molecule has 36 heavy (non-hydrogen) atoms. The van der Waals surface area contributed by atoms with Crippen LogP contribution >= 0.6 is 0 Å². The quantitative estimate of drug-likeness (QED) is 0.424. The standard InChI is InChI=1S/C23H29.C5H8.C5H5.2ClH.Zr/c1-14-9-16-11-17-10-15(2)21(23(6,7)8)13-19(17)18(16)12-20(14)22(3,4)5;2*1-2-4-5-3-1;;;/h9,12-13H,11H2,1-8H3;1-4H2;1-3H,4H2;2*1H;/q;;;;;+2/p-2. The van der Waals surface area contributed by atoms with Gasteiger partial charge in [-0.05, 0) is 0 Å². The van der Waals surface area contributed by atoms with E-state index in [1.54, 1.807) is 27.8 Å². The van der Waals surface area contributed by atoms with Gasteiger partial charge in [0.1, 0.15) is 0 Å². The number of benzene rings is 2. The van der Waals surface area contributed by atoms with E-state index in [0.29, 0.717) is 0 Å². The average molecular weight is 601 g/mol. The largest absolute Gasteiger partial charge is 1.00 e. The predicted molar refractivity (Wildman–Crippen MR) is 147 cm³/mol. The Labute approximate surface area is 240 Å². The molecule has 0 N–H and O–H groups in total. The molecule has 3 heteroatoms. The summed E-state index contributed by atoms with van der Waals surface area (Å²) in [5, 5.41) is 0. The van der Waals surface area contributed by atoms with E-state index in [2.05, 4.69) is 91.8 Å². The Balaban J connectivity index is 0.00000180. The summed E-state index contributed by atoms with van der Waals surface area (Å²) in [6.07, 6.45) is 15.2. The van der Waals surface area contributed by atoms with Crippen molar-refractivity contribution < 1.29 is 46.1 Å². The molecule has 0 radical (unpaired) electrons. The Morgan fingerprint density at radius 1 is 0.778 bits per heavy atom. The molecular weight excluding hydrogens is 558 g/mol. The van der Waals surface area contributed by atoms with Crippen molar-refractivity contribution in [3.8, 4) is 11.1 Å². The number of halogens is 2. The van der Waals surface area contributed by atoms with Crippen LogP contribution in [0.15, 0.2) is 39.7 Å². The second-order valence-corrected chi connectivity index (χ2v) is 19.4. The third kappa shape index (κ3) is 5.24. The molecule has 0 nitrogen and oxygen atoms in total. The van der Waals surface area contributed by atoms with Crippen LogP contribution in [0.2, 0.25) is 0 Å². The van der Waals surface area contributed by atoms with Crippen molar-refractivity contribution in [1.82, 2.24) is 0 Å². The summed E-state index contributed by atoms with van der Waals surface area (Å²) in [6, 6.07) is 7.68. The zero-order valence-electron chi connectivity index (χ0n) is 23.5. The van der Waals surface area contributed by atoms with Crippen LogP contribution in [0.1, 0.15) is 107 Å². The first-order chi connectivity index (χ1) is 16.0. The summed E-state index contributed by atoms with van der Waals surface area (Å²) >= 11 is -2.12. The fraction of sp³-hybridized carbons (Fsp3) is 0.485. The van der Waals surface area contributed by atoms with E-state index in [9.17, 15) is 0 Å². The second-order valence-electron chi connectivity index (χ2n) is 13.0. The van der Waals surface area contributed by atoms with Gasteiger partial charge in [-0.25, -0.2) is 0 Å². The Morgan fingerprint density at radius 3 is 1.94 bits per heavy atom. The summed E-state index contributed by atoms with van der Waals surface area (Å²) in [7, 11) is 0. The minimum Gasteiger partial charge on any atom is -1.00 e. The molecule has 3 aliphatic rings. The van der Waals surface area contributed by atoms with Crippen LogP contribution in [0.25, 0.3) is 11.1 Å². The summed E-state index contributed by atoms with van der Waals surface area (Å²) in [4.78, 5) is 0.